The fraction of sp³-hybridized carbons (Fsp3) is 0.320. The number of carbonyl (C=O) groups is 1. The summed E-state index contributed by atoms with van der Waals surface area (Å²) < 4.78 is 40.0. The minimum absolute atomic E-state index is 0.214. The SMILES string of the molecule is C[C@@]1([C@@H](NC(=O)c2cccc(C(F)(F)F)c2Cl)c2cccc(-c3cncnc3)c2)CCCCN1. The van der Waals surface area contributed by atoms with E-state index >= 15 is 0 Å². The molecule has 2 aromatic carbocycles. The Morgan fingerprint density at radius 3 is 2.53 bits per heavy atom. The predicted octanol–water partition coefficient (Wildman–Crippen LogP) is 5.82. The van der Waals surface area contributed by atoms with Gasteiger partial charge in [0.1, 0.15) is 6.33 Å². The van der Waals surface area contributed by atoms with Gasteiger partial charge in [-0.3, -0.25) is 4.79 Å². The molecule has 1 saturated heterocycles. The lowest BCUT2D eigenvalue weighted by Gasteiger charge is -2.42. The second-order valence-electron chi connectivity index (χ2n) is 8.63. The van der Waals surface area contributed by atoms with E-state index in [4.69, 9.17) is 11.6 Å². The molecular formula is C25H24ClF3N4O. The third-order valence-electron chi connectivity index (χ3n) is 6.23. The van der Waals surface area contributed by atoms with Crippen LogP contribution in [0.2, 0.25) is 5.02 Å². The molecule has 2 atom stereocenters. The van der Waals surface area contributed by atoms with Crippen LogP contribution in [0, 0.1) is 0 Å². The third-order valence-corrected chi connectivity index (χ3v) is 6.63. The van der Waals surface area contributed by atoms with Crippen LogP contribution in [0.15, 0.2) is 61.2 Å². The molecule has 1 aromatic heterocycles. The average molecular weight is 489 g/mol. The summed E-state index contributed by atoms with van der Waals surface area (Å²) in [6, 6.07) is 10.5. The summed E-state index contributed by atoms with van der Waals surface area (Å²) >= 11 is 6.03. The lowest BCUT2D eigenvalue weighted by Crippen LogP contribution is -2.55. The molecule has 9 heteroatoms. The molecule has 1 fully saturated rings. The first-order valence-corrected chi connectivity index (χ1v) is 11.3. The zero-order valence-electron chi connectivity index (χ0n) is 18.5. The van der Waals surface area contributed by atoms with E-state index in [2.05, 4.69) is 20.6 Å². The molecule has 178 valence electrons. The van der Waals surface area contributed by atoms with Crippen molar-refractivity contribution in [1.29, 1.82) is 0 Å². The summed E-state index contributed by atoms with van der Waals surface area (Å²) in [5, 5.41) is 5.87. The molecule has 4 rings (SSSR count). The van der Waals surface area contributed by atoms with Gasteiger partial charge in [0.05, 0.1) is 22.2 Å². The molecular weight excluding hydrogens is 465 g/mol. The van der Waals surface area contributed by atoms with Crippen molar-refractivity contribution in [2.24, 2.45) is 0 Å². The van der Waals surface area contributed by atoms with Crippen molar-refractivity contribution in [1.82, 2.24) is 20.6 Å². The van der Waals surface area contributed by atoms with Crippen molar-refractivity contribution in [2.75, 3.05) is 6.54 Å². The van der Waals surface area contributed by atoms with Crippen LogP contribution in [-0.4, -0.2) is 28.0 Å². The molecule has 1 aliphatic rings. The molecule has 2 heterocycles. The number of piperidine rings is 1. The average Bonchev–Trinajstić information content (AvgIpc) is 2.83. The largest absolute Gasteiger partial charge is 0.417 e. The lowest BCUT2D eigenvalue weighted by molar-refractivity contribution is -0.137. The fourth-order valence-electron chi connectivity index (χ4n) is 4.42. The van der Waals surface area contributed by atoms with E-state index in [1.54, 1.807) is 12.4 Å². The van der Waals surface area contributed by atoms with Gasteiger partial charge in [-0.2, -0.15) is 13.2 Å². The van der Waals surface area contributed by atoms with Gasteiger partial charge in [-0.15, -0.1) is 0 Å². The van der Waals surface area contributed by atoms with E-state index in [1.165, 1.54) is 18.5 Å². The van der Waals surface area contributed by atoms with Crippen molar-refractivity contribution in [3.05, 3.63) is 82.9 Å². The minimum atomic E-state index is -4.66. The van der Waals surface area contributed by atoms with E-state index < -0.39 is 34.3 Å². The maximum Gasteiger partial charge on any atom is 0.417 e. The fourth-order valence-corrected chi connectivity index (χ4v) is 4.74. The molecule has 1 aliphatic heterocycles. The number of nitrogens with zero attached hydrogens (tertiary/aromatic N) is 2. The van der Waals surface area contributed by atoms with Gasteiger partial charge in [-0.05, 0) is 55.6 Å². The Balaban J connectivity index is 1.72. The van der Waals surface area contributed by atoms with Crippen LogP contribution >= 0.6 is 11.6 Å². The van der Waals surface area contributed by atoms with Crippen molar-refractivity contribution < 1.29 is 18.0 Å². The monoisotopic (exact) mass is 488 g/mol. The Bertz CT molecular complexity index is 1160. The highest BCUT2D eigenvalue weighted by atomic mass is 35.5. The summed E-state index contributed by atoms with van der Waals surface area (Å²) in [4.78, 5) is 21.4. The van der Waals surface area contributed by atoms with E-state index in [-0.39, 0.29) is 5.56 Å². The van der Waals surface area contributed by atoms with Crippen LogP contribution in [0.5, 0.6) is 0 Å². The van der Waals surface area contributed by atoms with Crippen LogP contribution < -0.4 is 10.6 Å². The van der Waals surface area contributed by atoms with E-state index in [9.17, 15) is 18.0 Å². The molecule has 34 heavy (non-hydrogen) atoms. The zero-order valence-corrected chi connectivity index (χ0v) is 19.2. The number of nitrogens with one attached hydrogen (secondary N) is 2. The number of carbonyl (C=O) groups excluding carboxylic acids is 1. The standard InChI is InChI=1S/C25H24ClF3N4O/c1-24(10-2-3-11-32-24)22(17-7-4-6-16(12-17)18-13-30-15-31-14-18)33-23(34)19-8-5-9-20(21(19)26)25(27,28)29/h4-9,12-15,22,32H,2-3,10-11H2,1H3,(H,33,34)/t22-,24-/m0/s1. The normalized spacial score (nSPS) is 19.4. The van der Waals surface area contributed by atoms with Crippen LogP contribution in [0.4, 0.5) is 13.2 Å². The van der Waals surface area contributed by atoms with E-state index in [0.29, 0.717) is 0 Å². The van der Waals surface area contributed by atoms with Crippen molar-refractivity contribution in [3.63, 3.8) is 0 Å². The van der Waals surface area contributed by atoms with Gasteiger partial charge in [0.25, 0.3) is 5.91 Å². The van der Waals surface area contributed by atoms with Crippen LogP contribution in [-0.2, 0) is 6.18 Å². The molecule has 0 unspecified atom stereocenters. The van der Waals surface area contributed by atoms with Crippen LogP contribution in [0.3, 0.4) is 0 Å². The summed E-state index contributed by atoms with van der Waals surface area (Å²) in [5.74, 6) is -0.664. The highest BCUT2D eigenvalue weighted by Gasteiger charge is 2.39. The molecule has 5 nitrogen and oxygen atoms in total. The Morgan fingerprint density at radius 1 is 1.12 bits per heavy atom. The molecule has 0 aliphatic carbocycles. The molecule has 0 spiro atoms. The number of rotatable bonds is 5. The quantitative estimate of drug-likeness (QED) is 0.475. The minimum Gasteiger partial charge on any atom is -0.343 e. The third kappa shape index (κ3) is 5.08. The second-order valence-corrected chi connectivity index (χ2v) is 9.00. The lowest BCUT2D eigenvalue weighted by atomic mass is 9.79. The highest BCUT2D eigenvalue weighted by Crippen LogP contribution is 2.38. The van der Waals surface area contributed by atoms with Crippen molar-refractivity contribution in [3.8, 4) is 11.1 Å². The molecule has 0 bridgehead atoms. The van der Waals surface area contributed by atoms with Gasteiger partial charge in [0.2, 0.25) is 0 Å². The molecule has 1 amide bonds. The van der Waals surface area contributed by atoms with Crippen molar-refractivity contribution in [2.45, 2.75) is 43.9 Å². The van der Waals surface area contributed by atoms with Gasteiger partial charge in [0, 0.05) is 23.5 Å². The van der Waals surface area contributed by atoms with Crippen LogP contribution in [0.25, 0.3) is 11.1 Å². The van der Waals surface area contributed by atoms with Gasteiger partial charge in [-0.25, -0.2) is 9.97 Å². The van der Waals surface area contributed by atoms with Crippen LogP contribution in [0.1, 0.15) is 53.7 Å². The highest BCUT2D eigenvalue weighted by molar-refractivity contribution is 6.34. The summed E-state index contributed by atoms with van der Waals surface area (Å²) in [6.45, 7) is 2.79. The molecule has 2 N–H and O–H groups in total. The summed E-state index contributed by atoms with van der Waals surface area (Å²) in [5.41, 5.74) is 0.744. The Morgan fingerprint density at radius 2 is 1.85 bits per heavy atom. The Kier molecular flexibility index (Phi) is 6.91. The number of aromatic nitrogens is 2. The van der Waals surface area contributed by atoms with Crippen molar-refractivity contribution >= 4 is 17.5 Å². The molecule has 0 saturated carbocycles. The maximum atomic E-state index is 13.3. The topological polar surface area (TPSA) is 66.9 Å². The first-order valence-electron chi connectivity index (χ1n) is 11.0. The Hall–Kier alpha value is -2.97. The van der Waals surface area contributed by atoms with Gasteiger partial charge in [-0.1, -0.05) is 42.3 Å². The summed E-state index contributed by atoms with van der Waals surface area (Å²) in [7, 11) is 0. The zero-order chi connectivity index (χ0) is 24.3. The first-order chi connectivity index (χ1) is 16.2. The number of amides is 1. The van der Waals surface area contributed by atoms with E-state index in [1.807, 2.05) is 31.2 Å². The number of benzene rings is 2. The van der Waals surface area contributed by atoms with Gasteiger partial charge < -0.3 is 10.6 Å². The Labute approximate surface area is 200 Å². The number of hydrogen-bond donors (Lipinski definition) is 2. The molecule has 3 aromatic rings. The number of alkyl halides is 3. The second kappa shape index (κ2) is 9.72. The van der Waals surface area contributed by atoms with Gasteiger partial charge >= 0.3 is 6.18 Å². The predicted molar refractivity (Wildman–Crippen MR) is 124 cm³/mol. The summed E-state index contributed by atoms with van der Waals surface area (Å²) in [6.07, 6.45) is 2.94. The smallest absolute Gasteiger partial charge is 0.343 e. The van der Waals surface area contributed by atoms with Gasteiger partial charge in [0.15, 0.2) is 0 Å². The maximum absolute atomic E-state index is 13.3. The van der Waals surface area contributed by atoms with E-state index in [0.717, 1.165) is 48.6 Å². The number of halogens is 4. The molecule has 0 radical (unpaired) electrons. The first kappa shape index (κ1) is 24.2. The number of hydrogen-bond acceptors (Lipinski definition) is 4.